The number of carbonyl (C=O) groups is 1. The second-order valence-electron chi connectivity index (χ2n) is 6.08. The third-order valence-electron chi connectivity index (χ3n) is 4.18. The molecule has 1 aliphatic rings. The van der Waals surface area contributed by atoms with Gasteiger partial charge in [-0.15, -0.1) is 5.10 Å². The third kappa shape index (κ3) is 4.15. The first-order chi connectivity index (χ1) is 10.5. The number of piperidine rings is 1. The van der Waals surface area contributed by atoms with Crippen molar-refractivity contribution in [2.75, 3.05) is 13.1 Å². The first-order valence-electron chi connectivity index (χ1n) is 8.13. The summed E-state index contributed by atoms with van der Waals surface area (Å²) in [6, 6.07) is 0. The van der Waals surface area contributed by atoms with E-state index in [0.717, 1.165) is 38.8 Å². The lowest BCUT2D eigenvalue weighted by molar-refractivity contribution is -0.131. The minimum Gasteiger partial charge on any atom is -0.342 e. The van der Waals surface area contributed by atoms with E-state index >= 15 is 0 Å². The Kier molecular flexibility index (Phi) is 6.11. The van der Waals surface area contributed by atoms with E-state index in [1.54, 1.807) is 4.57 Å². The molecular formula is C15H26N4O2S. The summed E-state index contributed by atoms with van der Waals surface area (Å²) < 4.78 is 1.64. The summed E-state index contributed by atoms with van der Waals surface area (Å²) >= 11 is 1.37. The number of amides is 1. The van der Waals surface area contributed by atoms with E-state index in [0.29, 0.717) is 17.6 Å². The molecule has 1 N–H and O–H groups in total. The molecule has 1 atom stereocenters. The highest BCUT2D eigenvalue weighted by Crippen LogP contribution is 2.24. The highest BCUT2D eigenvalue weighted by molar-refractivity contribution is 8.00. The quantitative estimate of drug-likeness (QED) is 0.813. The maximum absolute atomic E-state index is 12.5. The number of likely N-dealkylation sites (tertiary alicyclic amines) is 1. The van der Waals surface area contributed by atoms with Crippen molar-refractivity contribution in [1.29, 1.82) is 0 Å². The van der Waals surface area contributed by atoms with E-state index < -0.39 is 0 Å². The van der Waals surface area contributed by atoms with E-state index in [2.05, 4.69) is 24.0 Å². The molecule has 1 aromatic heterocycles. The van der Waals surface area contributed by atoms with Gasteiger partial charge in [0.25, 0.3) is 0 Å². The number of H-pyrrole nitrogens is 1. The highest BCUT2D eigenvalue weighted by atomic mass is 32.2. The van der Waals surface area contributed by atoms with Gasteiger partial charge in [-0.2, -0.15) is 0 Å². The topological polar surface area (TPSA) is 71.0 Å². The van der Waals surface area contributed by atoms with Crippen molar-refractivity contribution in [3.63, 3.8) is 0 Å². The molecule has 0 bridgehead atoms. The van der Waals surface area contributed by atoms with Crippen LogP contribution in [0.25, 0.3) is 0 Å². The Morgan fingerprint density at radius 1 is 1.45 bits per heavy atom. The molecule has 6 nitrogen and oxygen atoms in total. The summed E-state index contributed by atoms with van der Waals surface area (Å²) in [7, 11) is 0. The highest BCUT2D eigenvalue weighted by Gasteiger charge is 2.26. The Labute approximate surface area is 135 Å². The first-order valence-corrected chi connectivity index (χ1v) is 9.01. The molecule has 1 aromatic rings. The number of nitrogens with one attached hydrogen (secondary N) is 1. The maximum Gasteiger partial charge on any atom is 0.343 e. The largest absolute Gasteiger partial charge is 0.343 e. The van der Waals surface area contributed by atoms with Crippen LogP contribution in [0.4, 0.5) is 0 Å². The lowest BCUT2D eigenvalue weighted by atomic mass is 9.99. The van der Waals surface area contributed by atoms with Gasteiger partial charge in [0.15, 0.2) is 5.16 Å². The smallest absolute Gasteiger partial charge is 0.342 e. The monoisotopic (exact) mass is 326 g/mol. The number of hydrogen-bond acceptors (Lipinski definition) is 4. The predicted octanol–water partition coefficient (Wildman–Crippen LogP) is 2.11. The molecule has 124 valence electrons. The van der Waals surface area contributed by atoms with E-state index in [-0.39, 0.29) is 16.8 Å². The van der Waals surface area contributed by atoms with Gasteiger partial charge in [-0.1, -0.05) is 32.0 Å². The Hall–Kier alpha value is -1.24. The van der Waals surface area contributed by atoms with Gasteiger partial charge in [-0.3, -0.25) is 9.36 Å². The van der Waals surface area contributed by atoms with E-state index in [9.17, 15) is 9.59 Å². The number of aromatic amines is 1. The number of thioether (sulfide) groups is 1. The second-order valence-corrected chi connectivity index (χ2v) is 7.39. The average Bonchev–Trinajstić information content (AvgIpc) is 2.85. The molecule has 2 heterocycles. The van der Waals surface area contributed by atoms with Crippen molar-refractivity contribution < 1.29 is 4.79 Å². The zero-order chi connectivity index (χ0) is 16.1. The molecule has 2 rings (SSSR count). The number of hydrogen-bond donors (Lipinski definition) is 1. The van der Waals surface area contributed by atoms with Crippen LogP contribution in [0.15, 0.2) is 9.95 Å². The molecular weight excluding hydrogens is 300 g/mol. The molecule has 0 radical (unpaired) electrons. The van der Waals surface area contributed by atoms with Crippen LogP contribution >= 0.6 is 11.8 Å². The summed E-state index contributed by atoms with van der Waals surface area (Å²) in [6.07, 6.45) is 4.10. The summed E-state index contributed by atoms with van der Waals surface area (Å²) in [5.74, 6) is 0.854. The number of carbonyl (C=O) groups excluding carboxylic acids is 1. The SMILES string of the molecule is CCCCn1c(SC(C)C(=O)N2CCC(C)CC2)n[nH]c1=O. The maximum atomic E-state index is 12.5. The van der Waals surface area contributed by atoms with Crippen LogP contribution in [0.2, 0.25) is 0 Å². The third-order valence-corrected chi connectivity index (χ3v) is 5.26. The Balaban J connectivity index is 1.98. The zero-order valence-corrected chi connectivity index (χ0v) is 14.5. The molecule has 1 saturated heterocycles. The second kappa shape index (κ2) is 7.85. The molecule has 1 aliphatic heterocycles. The van der Waals surface area contributed by atoms with E-state index in [1.807, 2.05) is 11.8 Å². The fraction of sp³-hybridized carbons (Fsp3) is 0.800. The standard InChI is InChI=1S/C15H26N4O2S/c1-4-5-8-19-14(21)16-17-15(19)22-12(3)13(20)18-9-6-11(2)7-10-18/h11-12H,4-10H2,1-3H3,(H,16,21). The van der Waals surface area contributed by atoms with Gasteiger partial charge in [-0.05, 0) is 32.1 Å². The van der Waals surface area contributed by atoms with Gasteiger partial charge in [0.1, 0.15) is 0 Å². The Morgan fingerprint density at radius 2 is 2.14 bits per heavy atom. The minimum absolute atomic E-state index is 0.148. The molecule has 1 amide bonds. The van der Waals surface area contributed by atoms with Crippen LogP contribution in [0, 0.1) is 5.92 Å². The number of aromatic nitrogens is 3. The fourth-order valence-electron chi connectivity index (χ4n) is 2.60. The van der Waals surface area contributed by atoms with Gasteiger partial charge < -0.3 is 4.90 Å². The summed E-state index contributed by atoms with van der Waals surface area (Å²) in [5, 5.41) is 6.95. The molecule has 1 fully saturated rings. The summed E-state index contributed by atoms with van der Waals surface area (Å²) in [6.45, 7) is 8.55. The summed E-state index contributed by atoms with van der Waals surface area (Å²) in [5.41, 5.74) is -0.192. The van der Waals surface area contributed by atoms with Crippen molar-refractivity contribution in [2.45, 2.75) is 63.4 Å². The van der Waals surface area contributed by atoms with Crippen molar-refractivity contribution >= 4 is 17.7 Å². The molecule has 22 heavy (non-hydrogen) atoms. The van der Waals surface area contributed by atoms with E-state index in [4.69, 9.17) is 0 Å². The van der Waals surface area contributed by atoms with Crippen molar-refractivity contribution in [1.82, 2.24) is 19.7 Å². The van der Waals surface area contributed by atoms with Crippen molar-refractivity contribution in [3.8, 4) is 0 Å². The number of nitrogens with zero attached hydrogens (tertiary/aromatic N) is 3. The van der Waals surface area contributed by atoms with Crippen molar-refractivity contribution in [2.24, 2.45) is 5.92 Å². The minimum atomic E-state index is -0.219. The molecule has 0 aliphatic carbocycles. The first kappa shape index (κ1) is 17.1. The van der Waals surface area contributed by atoms with Crippen molar-refractivity contribution in [3.05, 3.63) is 10.5 Å². The number of rotatable bonds is 6. The summed E-state index contributed by atoms with van der Waals surface area (Å²) in [4.78, 5) is 26.2. The average molecular weight is 326 g/mol. The lowest BCUT2D eigenvalue weighted by Crippen LogP contribution is -2.41. The number of unbranched alkanes of at least 4 members (excludes halogenated alkanes) is 1. The van der Waals surface area contributed by atoms with Crippen LogP contribution in [0.1, 0.15) is 46.5 Å². The Bertz CT molecular complexity index is 546. The fourth-order valence-corrected chi connectivity index (χ4v) is 3.57. The van der Waals surface area contributed by atoms with Crippen LogP contribution in [-0.4, -0.2) is 43.9 Å². The molecule has 0 aromatic carbocycles. The van der Waals surface area contributed by atoms with Crippen LogP contribution < -0.4 is 5.69 Å². The Morgan fingerprint density at radius 3 is 2.77 bits per heavy atom. The van der Waals surface area contributed by atoms with E-state index in [1.165, 1.54) is 11.8 Å². The molecule has 1 unspecified atom stereocenters. The van der Waals surface area contributed by atoms with Crippen LogP contribution in [-0.2, 0) is 11.3 Å². The molecule has 7 heteroatoms. The normalized spacial score (nSPS) is 17.7. The van der Waals surface area contributed by atoms with Gasteiger partial charge in [0.05, 0.1) is 5.25 Å². The van der Waals surface area contributed by atoms with Gasteiger partial charge in [0, 0.05) is 19.6 Å². The van der Waals surface area contributed by atoms with Crippen LogP contribution in [0.3, 0.4) is 0 Å². The molecule has 0 saturated carbocycles. The lowest BCUT2D eigenvalue weighted by Gasteiger charge is -2.31. The van der Waals surface area contributed by atoms with Gasteiger partial charge >= 0.3 is 5.69 Å². The zero-order valence-electron chi connectivity index (χ0n) is 13.7. The van der Waals surface area contributed by atoms with Crippen LogP contribution in [0.5, 0.6) is 0 Å². The van der Waals surface area contributed by atoms with Gasteiger partial charge in [-0.25, -0.2) is 9.89 Å². The van der Waals surface area contributed by atoms with Gasteiger partial charge in [0.2, 0.25) is 5.91 Å². The predicted molar refractivity (Wildman–Crippen MR) is 88.1 cm³/mol. The molecule has 0 spiro atoms.